The number of hydrogen-bond donors (Lipinski definition) is 0. The molecule has 1 saturated heterocycles. The Morgan fingerprint density at radius 1 is 1.05 bits per heavy atom. The van der Waals surface area contributed by atoms with Gasteiger partial charge in [0.25, 0.3) is 0 Å². The molecule has 0 bridgehead atoms. The van der Waals surface area contributed by atoms with Gasteiger partial charge in [0, 0.05) is 23.7 Å². The number of aryl methyl sites for hydroxylation is 2. The molecule has 0 N–H and O–H groups in total. The molecule has 2 aliphatic rings. The Balaban J connectivity index is 1.41. The lowest BCUT2D eigenvalue weighted by Crippen LogP contribution is -2.49. The van der Waals surface area contributed by atoms with Crippen LogP contribution in [0.25, 0.3) is 11.8 Å². The van der Waals surface area contributed by atoms with Gasteiger partial charge in [-0.25, -0.2) is 18.4 Å². The molecule has 0 unspecified atom stereocenters. The fourth-order valence-electron chi connectivity index (χ4n) is 5.42. The van der Waals surface area contributed by atoms with Gasteiger partial charge in [-0.3, -0.25) is 4.79 Å². The predicted molar refractivity (Wildman–Crippen MR) is 144 cm³/mol. The van der Waals surface area contributed by atoms with Crippen LogP contribution < -0.4 is 0 Å². The van der Waals surface area contributed by atoms with Gasteiger partial charge in [0.2, 0.25) is 0 Å². The third kappa shape index (κ3) is 4.43. The molecule has 0 saturated carbocycles. The predicted octanol–water partition coefficient (Wildman–Crippen LogP) is 6.25. The summed E-state index contributed by atoms with van der Waals surface area (Å²) >= 11 is 1.71. The molecule has 1 atom stereocenters. The smallest absolute Gasteiger partial charge is 0.193 e. The van der Waals surface area contributed by atoms with Crippen LogP contribution in [-0.4, -0.2) is 37.9 Å². The van der Waals surface area contributed by atoms with Gasteiger partial charge in [-0.15, -0.1) is 0 Å². The summed E-state index contributed by atoms with van der Waals surface area (Å²) in [4.78, 5) is 20.1. The van der Waals surface area contributed by atoms with E-state index in [1.54, 1.807) is 24.1 Å². The second kappa shape index (κ2) is 9.39. The number of benzene rings is 2. The summed E-state index contributed by atoms with van der Waals surface area (Å²) in [6.07, 6.45) is 5.30. The van der Waals surface area contributed by atoms with Gasteiger partial charge in [0.15, 0.2) is 5.78 Å². The number of ketones is 1. The summed E-state index contributed by atoms with van der Waals surface area (Å²) in [5.74, 6) is -0.228. The summed E-state index contributed by atoms with van der Waals surface area (Å²) in [7, 11) is 0. The van der Waals surface area contributed by atoms with Gasteiger partial charge in [0.1, 0.15) is 11.5 Å². The van der Waals surface area contributed by atoms with Crippen molar-refractivity contribution in [2.45, 2.75) is 31.6 Å². The number of carbonyl (C=O) groups is 1. The number of carbonyl (C=O) groups excluding carboxylic acids is 1. The third-order valence-electron chi connectivity index (χ3n) is 7.23. The zero-order valence-corrected chi connectivity index (χ0v) is 21.6. The topological polar surface area (TPSA) is 51.0 Å². The number of Topliss-reactive ketones (excluding diaryl/α,β-unsaturated/α-hetero) is 1. The number of aromatic nitrogens is 3. The molecule has 1 aliphatic heterocycles. The molecule has 186 valence electrons. The summed E-state index contributed by atoms with van der Waals surface area (Å²) in [6.45, 7) is 5.43. The van der Waals surface area contributed by atoms with E-state index in [9.17, 15) is 9.18 Å². The van der Waals surface area contributed by atoms with E-state index in [0.29, 0.717) is 18.7 Å². The minimum absolute atomic E-state index is 0.0529. The van der Waals surface area contributed by atoms with Crippen molar-refractivity contribution in [2.24, 2.45) is 5.41 Å². The molecule has 3 heterocycles. The van der Waals surface area contributed by atoms with Crippen molar-refractivity contribution in [1.82, 2.24) is 19.1 Å². The SMILES string of the molecule is Cc1cccc(SN2CCC3=Cc4c(cnn4-c4ccc(F)cc4)C[C@]3(C(=O)c3cccc(C)n3)C2)c1. The number of fused-ring (bicyclic) bond motifs is 2. The molecule has 37 heavy (non-hydrogen) atoms. The fourth-order valence-corrected chi connectivity index (χ4v) is 6.56. The molecule has 7 heteroatoms. The van der Waals surface area contributed by atoms with Crippen LogP contribution in [-0.2, 0) is 6.42 Å². The summed E-state index contributed by atoms with van der Waals surface area (Å²) in [5.41, 5.74) is 5.70. The molecule has 0 radical (unpaired) electrons. The van der Waals surface area contributed by atoms with Crippen molar-refractivity contribution in [3.63, 3.8) is 0 Å². The first-order valence-electron chi connectivity index (χ1n) is 12.4. The Bertz CT molecular complexity index is 1530. The van der Waals surface area contributed by atoms with Gasteiger partial charge < -0.3 is 0 Å². The zero-order valence-electron chi connectivity index (χ0n) is 20.8. The molecule has 0 amide bonds. The first-order chi connectivity index (χ1) is 17.9. The highest BCUT2D eigenvalue weighted by Gasteiger charge is 2.49. The maximum absolute atomic E-state index is 14.3. The van der Waals surface area contributed by atoms with E-state index in [2.05, 4.69) is 51.7 Å². The molecular formula is C30H27FN4OS. The van der Waals surface area contributed by atoms with Gasteiger partial charge in [0.05, 0.1) is 23.0 Å². The Morgan fingerprint density at radius 2 is 1.86 bits per heavy atom. The van der Waals surface area contributed by atoms with Crippen LogP contribution in [0.4, 0.5) is 4.39 Å². The lowest BCUT2D eigenvalue weighted by molar-refractivity contribution is 0.0775. The molecule has 6 rings (SSSR count). The Hall–Kier alpha value is -3.55. The first-order valence-corrected chi connectivity index (χ1v) is 13.2. The number of pyridine rings is 1. The van der Waals surface area contributed by atoms with Crippen molar-refractivity contribution in [3.8, 4) is 5.69 Å². The highest BCUT2D eigenvalue weighted by atomic mass is 32.2. The van der Waals surface area contributed by atoms with Crippen molar-refractivity contribution >= 4 is 23.8 Å². The van der Waals surface area contributed by atoms with Crippen LogP contribution in [0, 0.1) is 25.1 Å². The highest BCUT2D eigenvalue weighted by Crippen LogP contribution is 2.48. The molecule has 1 aliphatic carbocycles. The maximum Gasteiger partial charge on any atom is 0.193 e. The Kier molecular flexibility index (Phi) is 6.05. The van der Waals surface area contributed by atoms with Crippen LogP contribution in [0.15, 0.2) is 83.4 Å². The molecule has 2 aromatic heterocycles. The number of hydrogen-bond acceptors (Lipinski definition) is 5. The average molecular weight is 511 g/mol. The van der Waals surface area contributed by atoms with E-state index in [1.807, 2.05) is 36.0 Å². The summed E-state index contributed by atoms with van der Waals surface area (Å²) in [5, 5.41) is 4.63. The fraction of sp³-hybridized carbons (Fsp3) is 0.233. The van der Waals surface area contributed by atoms with E-state index in [-0.39, 0.29) is 11.6 Å². The van der Waals surface area contributed by atoms with Crippen LogP contribution >= 0.6 is 11.9 Å². The van der Waals surface area contributed by atoms with Gasteiger partial charge in [-0.05, 0) is 104 Å². The number of rotatable bonds is 5. The van der Waals surface area contributed by atoms with Crippen LogP contribution in [0.1, 0.15) is 39.4 Å². The normalized spacial score (nSPS) is 19.2. The van der Waals surface area contributed by atoms with Crippen molar-refractivity contribution in [2.75, 3.05) is 13.1 Å². The van der Waals surface area contributed by atoms with Crippen molar-refractivity contribution < 1.29 is 9.18 Å². The molecule has 2 aromatic carbocycles. The number of halogens is 1. The van der Waals surface area contributed by atoms with Gasteiger partial charge in [-0.2, -0.15) is 5.10 Å². The third-order valence-corrected chi connectivity index (χ3v) is 8.27. The van der Waals surface area contributed by atoms with Crippen molar-refractivity contribution in [1.29, 1.82) is 0 Å². The minimum Gasteiger partial charge on any atom is -0.291 e. The molecular weight excluding hydrogens is 483 g/mol. The molecule has 5 nitrogen and oxygen atoms in total. The summed E-state index contributed by atoms with van der Waals surface area (Å²) < 4.78 is 17.7. The van der Waals surface area contributed by atoms with E-state index >= 15 is 0 Å². The highest BCUT2D eigenvalue weighted by molar-refractivity contribution is 7.97. The quantitative estimate of drug-likeness (QED) is 0.235. The lowest BCUT2D eigenvalue weighted by atomic mass is 9.65. The average Bonchev–Trinajstić information content (AvgIpc) is 3.29. The van der Waals surface area contributed by atoms with Crippen LogP contribution in [0.3, 0.4) is 0 Å². The summed E-state index contributed by atoms with van der Waals surface area (Å²) in [6, 6.07) is 20.4. The Labute approximate surface area is 220 Å². The lowest BCUT2D eigenvalue weighted by Gasteiger charge is -2.44. The number of piperidine rings is 1. The van der Waals surface area contributed by atoms with Gasteiger partial charge >= 0.3 is 0 Å². The Morgan fingerprint density at radius 3 is 2.65 bits per heavy atom. The molecule has 1 fully saturated rings. The van der Waals surface area contributed by atoms with Crippen molar-refractivity contribution in [3.05, 3.63) is 113 Å². The second-order valence-electron chi connectivity index (χ2n) is 9.89. The molecule has 4 aromatic rings. The van der Waals surface area contributed by atoms with E-state index in [1.165, 1.54) is 22.6 Å². The zero-order chi connectivity index (χ0) is 25.6. The standard InChI is InChI=1S/C30H27FN4OS/c1-20-5-3-7-26(15-20)37-34-14-13-23-16-28-22(18-32-35(28)25-11-9-24(31)10-12-25)17-30(23,19-34)29(36)27-8-4-6-21(2)33-27/h3-12,15-16,18H,13-14,17,19H2,1-2H3/t30-/m0/s1. The van der Waals surface area contributed by atoms with Crippen LogP contribution in [0.2, 0.25) is 0 Å². The first kappa shape index (κ1) is 23.8. The van der Waals surface area contributed by atoms with E-state index in [4.69, 9.17) is 0 Å². The second-order valence-corrected chi connectivity index (χ2v) is 11.1. The maximum atomic E-state index is 14.3. The minimum atomic E-state index is -0.723. The van der Waals surface area contributed by atoms with Crippen LogP contribution in [0.5, 0.6) is 0 Å². The monoisotopic (exact) mass is 510 g/mol. The van der Waals surface area contributed by atoms with E-state index in [0.717, 1.165) is 41.2 Å². The van der Waals surface area contributed by atoms with Gasteiger partial charge in [-0.1, -0.05) is 23.8 Å². The number of nitrogens with zero attached hydrogens (tertiary/aromatic N) is 4. The molecule has 0 spiro atoms. The largest absolute Gasteiger partial charge is 0.291 e. The van der Waals surface area contributed by atoms with E-state index < -0.39 is 5.41 Å².